The quantitative estimate of drug-likeness (QED) is 0.373. The minimum absolute atomic E-state index is 0.245. The number of alkyl halides is 6. The highest BCUT2D eigenvalue weighted by atomic mass is 127. The van der Waals surface area contributed by atoms with Crippen LogP contribution in [-0.2, 0) is 21.4 Å². The first kappa shape index (κ1) is 16.8. The molecule has 11 heteroatoms. The minimum atomic E-state index is -5.28. The fraction of sp³-hybridized carbons (Fsp3) is 0.250. The second-order valence-corrected chi connectivity index (χ2v) is 6.96. The van der Waals surface area contributed by atoms with Gasteiger partial charge in [-0.3, -0.25) is 0 Å². The van der Waals surface area contributed by atoms with E-state index in [1.165, 1.54) is 0 Å². The summed E-state index contributed by atoms with van der Waals surface area (Å²) >= 11 is 1.09. The Hall–Kier alpha value is -0.230. The minimum Gasteiger partial charge on any atom is -0.207 e. The molecule has 0 radical (unpaired) electrons. The normalized spacial score (nSPS) is 13.7. The summed E-state index contributed by atoms with van der Waals surface area (Å²) in [5.41, 5.74) is -3.53. The molecule has 19 heavy (non-hydrogen) atoms. The van der Waals surface area contributed by atoms with Gasteiger partial charge in [0.25, 0.3) is 9.05 Å². The largest absolute Gasteiger partial charge is 0.417 e. The van der Waals surface area contributed by atoms with Crippen molar-refractivity contribution in [1.29, 1.82) is 0 Å². The summed E-state index contributed by atoms with van der Waals surface area (Å²) in [5, 5.41) is 0. The molecule has 0 heterocycles. The number of halogens is 8. The van der Waals surface area contributed by atoms with Crippen LogP contribution >= 0.6 is 33.3 Å². The van der Waals surface area contributed by atoms with Crippen molar-refractivity contribution in [2.24, 2.45) is 0 Å². The summed E-state index contributed by atoms with van der Waals surface area (Å²) in [6.45, 7) is 0. The molecule has 0 aliphatic rings. The van der Waals surface area contributed by atoms with Crippen LogP contribution in [0.5, 0.6) is 0 Å². The van der Waals surface area contributed by atoms with E-state index in [0.29, 0.717) is 0 Å². The lowest BCUT2D eigenvalue weighted by Crippen LogP contribution is -2.16. The van der Waals surface area contributed by atoms with E-state index >= 15 is 0 Å². The van der Waals surface area contributed by atoms with Crippen LogP contribution in [0.15, 0.2) is 17.0 Å². The van der Waals surface area contributed by atoms with Gasteiger partial charge >= 0.3 is 12.4 Å². The van der Waals surface area contributed by atoms with Crippen LogP contribution in [0.1, 0.15) is 11.1 Å². The standard InChI is InChI=1S/C8H2ClF6IO2S/c9-19(17,18)6-2-5(16)3(7(10,11)12)1-4(6)8(13,14)15/h1-2H. The van der Waals surface area contributed by atoms with Crippen molar-refractivity contribution < 1.29 is 34.8 Å². The molecule has 1 rings (SSSR count). The highest BCUT2D eigenvalue weighted by molar-refractivity contribution is 14.1. The molecule has 2 nitrogen and oxygen atoms in total. The predicted molar refractivity (Wildman–Crippen MR) is 62.2 cm³/mol. The SMILES string of the molecule is O=S(=O)(Cl)c1cc(I)c(C(F)(F)F)cc1C(F)(F)F. The third-order valence-corrected chi connectivity index (χ3v) is 4.20. The van der Waals surface area contributed by atoms with Gasteiger partial charge in [-0.15, -0.1) is 0 Å². The van der Waals surface area contributed by atoms with E-state index < -0.39 is 41.0 Å². The second-order valence-electron chi connectivity index (χ2n) is 3.26. The average Bonchev–Trinajstić information content (AvgIpc) is 2.11. The number of hydrogen-bond donors (Lipinski definition) is 0. The van der Waals surface area contributed by atoms with Crippen molar-refractivity contribution in [1.82, 2.24) is 0 Å². The molecule has 0 unspecified atom stereocenters. The highest BCUT2D eigenvalue weighted by Crippen LogP contribution is 2.41. The Bertz CT molecular complexity index is 607. The van der Waals surface area contributed by atoms with Crippen LogP contribution in [0, 0.1) is 3.57 Å². The average molecular weight is 439 g/mol. The zero-order valence-electron chi connectivity index (χ0n) is 8.40. The fourth-order valence-electron chi connectivity index (χ4n) is 1.20. The maximum Gasteiger partial charge on any atom is 0.417 e. The first-order chi connectivity index (χ1) is 8.24. The molecule has 0 aliphatic carbocycles. The van der Waals surface area contributed by atoms with Crippen molar-refractivity contribution in [3.8, 4) is 0 Å². The summed E-state index contributed by atoms with van der Waals surface area (Å²) in [4.78, 5) is -1.40. The van der Waals surface area contributed by atoms with Crippen LogP contribution in [0.3, 0.4) is 0 Å². The lowest BCUT2D eigenvalue weighted by molar-refractivity contribution is -0.145. The molecule has 0 spiro atoms. The van der Waals surface area contributed by atoms with E-state index in [4.69, 9.17) is 10.7 Å². The Balaban J connectivity index is 3.76. The summed E-state index contributed by atoms with van der Waals surface area (Å²) in [5.74, 6) is 0. The zero-order chi connectivity index (χ0) is 15.2. The van der Waals surface area contributed by atoms with E-state index in [1.807, 2.05) is 0 Å². The Morgan fingerprint density at radius 2 is 1.37 bits per heavy atom. The van der Waals surface area contributed by atoms with E-state index in [0.717, 1.165) is 22.6 Å². The maximum absolute atomic E-state index is 12.6. The molecule has 0 aliphatic heterocycles. The lowest BCUT2D eigenvalue weighted by Gasteiger charge is -2.15. The Kier molecular flexibility index (Phi) is 4.38. The molecule has 0 saturated heterocycles. The molecule has 1 aromatic rings. The van der Waals surface area contributed by atoms with Gasteiger partial charge in [-0.25, -0.2) is 8.42 Å². The molecular formula is C8H2ClF6IO2S. The van der Waals surface area contributed by atoms with Crippen molar-refractivity contribution in [2.45, 2.75) is 17.2 Å². The monoisotopic (exact) mass is 438 g/mol. The highest BCUT2D eigenvalue weighted by Gasteiger charge is 2.42. The molecular weight excluding hydrogens is 436 g/mol. The van der Waals surface area contributed by atoms with Crippen LogP contribution < -0.4 is 0 Å². The second kappa shape index (κ2) is 4.95. The number of benzene rings is 1. The van der Waals surface area contributed by atoms with Crippen molar-refractivity contribution in [3.63, 3.8) is 0 Å². The Morgan fingerprint density at radius 3 is 1.68 bits per heavy atom. The van der Waals surface area contributed by atoms with Crippen molar-refractivity contribution in [3.05, 3.63) is 26.8 Å². The number of rotatable bonds is 1. The van der Waals surface area contributed by atoms with Gasteiger partial charge in [0.15, 0.2) is 0 Å². The zero-order valence-corrected chi connectivity index (χ0v) is 12.1. The third-order valence-electron chi connectivity index (χ3n) is 1.94. The molecule has 1 aromatic carbocycles. The van der Waals surface area contributed by atoms with E-state index in [2.05, 4.69) is 0 Å². The topological polar surface area (TPSA) is 34.1 Å². The molecule has 108 valence electrons. The van der Waals surface area contributed by atoms with Gasteiger partial charge in [0.05, 0.1) is 16.0 Å². The first-order valence-corrected chi connectivity index (χ1v) is 7.56. The van der Waals surface area contributed by atoms with Gasteiger partial charge in [-0.1, -0.05) is 0 Å². The van der Waals surface area contributed by atoms with Crippen molar-refractivity contribution >= 4 is 42.3 Å². The van der Waals surface area contributed by atoms with Crippen LogP contribution in [0.4, 0.5) is 26.3 Å². The fourth-order valence-corrected chi connectivity index (χ4v) is 3.26. The van der Waals surface area contributed by atoms with Crippen LogP contribution in [0.2, 0.25) is 0 Å². The smallest absolute Gasteiger partial charge is 0.207 e. The van der Waals surface area contributed by atoms with Gasteiger partial charge < -0.3 is 0 Å². The number of hydrogen-bond acceptors (Lipinski definition) is 2. The summed E-state index contributed by atoms with van der Waals surface area (Å²) in [7, 11) is -0.0253. The van der Waals surface area contributed by atoms with Crippen LogP contribution in [-0.4, -0.2) is 8.42 Å². The molecule has 0 N–H and O–H groups in total. The first-order valence-electron chi connectivity index (χ1n) is 4.17. The molecule has 0 fully saturated rings. The molecule has 0 bridgehead atoms. The summed E-state index contributed by atoms with van der Waals surface area (Å²) in [6, 6.07) is -0.0222. The predicted octanol–water partition coefficient (Wildman–Crippen LogP) is 4.26. The third kappa shape index (κ3) is 3.88. The van der Waals surface area contributed by atoms with Gasteiger partial charge in [0.2, 0.25) is 0 Å². The molecule has 0 amide bonds. The van der Waals surface area contributed by atoms with Gasteiger partial charge in [0, 0.05) is 14.3 Å². The summed E-state index contributed by atoms with van der Waals surface area (Å²) < 4.78 is 96.5. The van der Waals surface area contributed by atoms with Gasteiger partial charge in [-0.05, 0) is 34.7 Å². The summed E-state index contributed by atoms with van der Waals surface area (Å²) in [6.07, 6.45) is -10.3. The molecule has 0 saturated carbocycles. The maximum atomic E-state index is 12.6. The van der Waals surface area contributed by atoms with E-state index in [9.17, 15) is 34.8 Å². The lowest BCUT2D eigenvalue weighted by atomic mass is 10.1. The Morgan fingerprint density at radius 1 is 0.947 bits per heavy atom. The Labute approximate surface area is 121 Å². The van der Waals surface area contributed by atoms with Gasteiger partial charge in [0.1, 0.15) is 0 Å². The van der Waals surface area contributed by atoms with Crippen LogP contribution in [0.25, 0.3) is 0 Å². The van der Waals surface area contributed by atoms with E-state index in [-0.39, 0.29) is 12.1 Å². The molecule has 0 atom stereocenters. The van der Waals surface area contributed by atoms with E-state index in [1.54, 1.807) is 0 Å². The molecule has 0 aromatic heterocycles. The van der Waals surface area contributed by atoms with Gasteiger partial charge in [-0.2, -0.15) is 26.3 Å². The van der Waals surface area contributed by atoms with Crippen molar-refractivity contribution in [2.75, 3.05) is 0 Å².